The summed E-state index contributed by atoms with van der Waals surface area (Å²) >= 11 is 0. The van der Waals surface area contributed by atoms with E-state index in [4.69, 9.17) is 14.5 Å². The standard InChI is InChI=1S/C20H25N5O2/c1-3-9-25-19-17(23-14-7-10-26-13-14)11-16(24-18(19)12-22-25)15-6-5-8-21-20(15)27-4-2/h5-6,8,11-12,14H,3-4,7,9-10,13H2,1-2H3,(H,23,24). The number of rotatable bonds is 7. The highest BCUT2D eigenvalue weighted by Crippen LogP contribution is 2.33. The Balaban J connectivity index is 1.83. The third-order valence-corrected chi connectivity index (χ3v) is 4.65. The molecule has 1 aliphatic heterocycles. The predicted octanol–water partition coefficient (Wildman–Crippen LogP) is 3.50. The summed E-state index contributed by atoms with van der Waals surface area (Å²) in [4.78, 5) is 9.22. The third kappa shape index (κ3) is 3.60. The minimum atomic E-state index is 0.300. The van der Waals surface area contributed by atoms with Gasteiger partial charge in [0.25, 0.3) is 0 Å². The number of pyridine rings is 2. The second kappa shape index (κ2) is 7.92. The molecule has 1 aliphatic rings. The van der Waals surface area contributed by atoms with Gasteiger partial charge in [-0.15, -0.1) is 0 Å². The molecule has 1 unspecified atom stereocenters. The molecule has 142 valence electrons. The number of aromatic nitrogens is 4. The lowest BCUT2D eigenvalue weighted by atomic mass is 10.1. The van der Waals surface area contributed by atoms with E-state index in [1.54, 1.807) is 6.20 Å². The topological polar surface area (TPSA) is 74.1 Å². The van der Waals surface area contributed by atoms with Crippen LogP contribution in [0.15, 0.2) is 30.6 Å². The van der Waals surface area contributed by atoms with Gasteiger partial charge in [-0.1, -0.05) is 6.92 Å². The third-order valence-electron chi connectivity index (χ3n) is 4.65. The highest BCUT2D eigenvalue weighted by atomic mass is 16.5. The first-order valence-electron chi connectivity index (χ1n) is 9.59. The van der Waals surface area contributed by atoms with Gasteiger partial charge in [-0.3, -0.25) is 4.68 Å². The molecule has 0 saturated carbocycles. The lowest BCUT2D eigenvalue weighted by Gasteiger charge is -2.16. The minimum absolute atomic E-state index is 0.300. The fourth-order valence-corrected chi connectivity index (χ4v) is 3.44. The van der Waals surface area contributed by atoms with E-state index < -0.39 is 0 Å². The molecule has 0 radical (unpaired) electrons. The molecule has 3 aromatic heterocycles. The number of fused-ring (bicyclic) bond motifs is 1. The molecule has 1 fully saturated rings. The van der Waals surface area contributed by atoms with Crippen LogP contribution in [0.25, 0.3) is 22.3 Å². The van der Waals surface area contributed by atoms with Crippen molar-refractivity contribution in [1.82, 2.24) is 19.7 Å². The van der Waals surface area contributed by atoms with Gasteiger partial charge in [0.2, 0.25) is 5.88 Å². The molecule has 1 atom stereocenters. The van der Waals surface area contributed by atoms with E-state index in [1.807, 2.05) is 29.9 Å². The fourth-order valence-electron chi connectivity index (χ4n) is 3.44. The molecule has 0 spiro atoms. The first-order valence-corrected chi connectivity index (χ1v) is 9.59. The second-order valence-corrected chi connectivity index (χ2v) is 6.65. The summed E-state index contributed by atoms with van der Waals surface area (Å²) in [7, 11) is 0. The van der Waals surface area contributed by atoms with Crippen molar-refractivity contribution >= 4 is 16.7 Å². The Morgan fingerprint density at radius 3 is 3.07 bits per heavy atom. The molecule has 4 rings (SSSR count). The van der Waals surface area contributed by atoms with Crippen LogP contribution in [-0.2, 0) is 11.3 Å². The Bertz CT molecular complexity index is 918. The van der Waals surface area contributed by atoms with Gasteiger partial charge in [0.15, 0.2) is 0 Å². The van der Waals surface area contributed by atoms with Gasteiger partial charge in [-0.05, 0) is 38.0 Å². The lowest BCUT2D eigenvalue weighted by molar-refractivity contribution is 0.195. The van der Waals surface area contributed by atoms with Crippen LogP contribution >= 0.6 is 0 Å². The number of anilines is 1. The Kier molecular flexibility index (Phi) is 5.20. The van der Waals surface area contributed by atoms with Crippen molar-refractivity contribution < 1.29 is 9.47 Å². The zero-order chi connectivity index (χ0) is 18.6. The molecule has 3 aromatic rings. The zero-order valence-corrected chi connectivity index (χ0v) is 15.8. The van der Waals surface area contributed by atoms with Crippen LogP contribution in [0.5, 0.6) is 5.88 Å². The van der Waals surface area contributed by atoms with Gasteiger partial charge in [0, 0.05) is 19.3 Å². The van der Waals surface area contributed by atoms with Crippen LogP contribution in [0.2, 0.25) is 0 Å². The molecule has 1 N–H and O–H groups in total. The van der Waals surface area contributed by atoms with Gasteiger partial charge >= 0.3 is 0 Å². The highest BCUT2D eigenvalue weighted by Gasteiger charge is 2.20. The van der Waals surface area contributed by atoms with E-state index in [0.717, 1.165) is 60.6 Å². The first kappa shape index (κ1) is 17.7. The molecule has 0 aliphatic carbocycles. The average molecular weight is 367 g/mol. The molecular formula is C20H25N5O2. The summed E-state index contributed by atoms with van der Waals surface area (Å²) in [5.41, 5.74) is 4.65. The van der Waals surface area contributed by atoms with Crippen molar-refractivity contribution in [2.75, 3.05) is 25.1 Å². The maximum atomic E-state index is 5.71. The Morgan fingerprint density at radius 2 is 2.30 bits per heavy atom. The van der Waals surface area contributed by atoms with E-state index in [1.165, 1.54) is 0 Å². The summed E-state index contributed by atoms with van der Waals surface area (Å²) in [6, 6.07) is 6.27. The maximum absolute atomic E-state index is 5.71. The summed E-state index contributed by atoms with van der Waals surface area (Å²) < 4.78 is 13.3. The maximum Gasteiger partial charge on any atom is 0.222 e. The van der Waals surface area contributed by atoms with Gasteiger partial charge in [0.1, 0.15) is 11.0 Å². The van der Waals surface area contributed by atoms with Crippen LogP contribution < -0.4 is 10.1 Å². The molecule has 7 heteroatoms. The molecule has 0 amide bonds. The van der Waals surface area contributed by atoms with Crippen LogP contribution in [0.1, 0.15) is 26.7 Å². The van der Waals surface area contributed by atoms with Crippen molar-refractivity contribution in [3.63, 3.8) is 0 Å². The summed E-state index contributed by atoms with van der Waals surface area (Å²) in [6.45, 7) is 7.04. The normalized spacial score (nSPS) is 16.7. The number of ether oxygens (including phenoxy) is 2. The number of nitrogens with one attached hydrogen (secondary N) is 1. The van der Waals surface area contributed by atoms with Crippen LogP contribution in [0, 0.1) is 0 Å². The Hall–Kier alpha value is -2.67. The van der Waals surface area contributed by atoms with Crippen molar-refractivity contribution in [2.45, 2.75) is 39.3 Å². The SMILES string of the molecule is CCCn1ncc2nc(-c3cccnc3OCC)cc(NC3CCOC3)c21. The van der Waals surface area contributed by atoms with Crippen LogP contribution in [-0.4, -0.2) is 45.6 Å². The second-order valence-electron chi connectivity index (χ2n) is 6.65. The van der Waals surface area contributed by atoms with Crippen molar-refractivity contribution in [3.8, 4) is 17.1 Å². The van der Waals surface area contributed by atoms with Gasteiger partial charge in [0.05, 0.1) is 42.4 Å². The molecule has 7 nitrogen and oxygen atoms in total. The quantitative estimate of drug-likeness (QED) is 0.689. The van der Waals surface area contributed by atoms with Gasteiger partial charge in [-0.2, -0.15) is 5.10 Å². The van der Waals surface area contributed by atoms with Crippen molar-refractivity contribution in [2.24, 2.45) is 0 Å². The molecule has 1 saturated heterocycles. The van der Waals surface area contributed by atoms with Crippen LogP contribution in [0.3, 0.4) is 0 Å². The smallest absolute Gasteiger partial charge is 0.222 e. The number of hydrogen-bond acceptors (Lipinski definition) is 6. The predicted molar refractivity (Wildman–Crippen MR) is 105 cm³/mol. The minimum Gasteiger partial charge on any atom is -0.477 e. The molecule has 0 aromatic carbocycles. The average Bonchev–Trinajstić information content (AvgIpc) is 3.33. The Labute approximate surface area is 158 Å². The largest absolute Gasteiger partial charge is 0.477 e. The van der Waals surface area contributed by atoms with E-state index in [2.05, 4.69) is 28.4 Å². The highest BCUT2D eigenvalue weighted by molar-refractivity contribution is 5.91. The zero-order valence-electron chi connectivity index (χ0n) is 15.8. The van der Waals surface area contributed by atoms with Crippen LogP contribution in [0.4, 0.5) is 5.69 Å². The molecule has 4 heterocycles. The number of nitrogens with zero attached hydrogens (tertiary/aromatic N) is 4. The summed E-state index contributed by atoms with van der Waals surface area (Å²) in [5, 5.41) is 8.19. The lowest BCUT2D eigenvalue weighted by Crippen LogP contribution is -2.19. The first-order chi connectivity index (χ1) is 13.3. The number of hydrogen-bond donors (Lipinski definition) is 1. The van der Waals surface area contributed by atoms with E-state index >= 15 is 0 Å². The van der Waals surface area contributed by atoms with Gasteiger partial charge < -0.3 is 14.8 Å². The van der Waals surface area contributed by atoms with E-state index in [0.29, 0.717) is 18.5 Å². The van der Waals surface area contributed by atoms with Crippen molar-refractivity contribution in [1.29, 1.82) is 0 Å². The molecular weight excluding hydrogens is 342 g/mol. The summed E-state index contributed by atoms with van der Waals surface area (Å²) in [6.07, 6.45) is 5.59. The Morgan fingerprint density at radius 1 is 1.37 bits per heavy atom. The van der Waals surface area contributed by atoms with E-state index in [9.17, 15) is 0 Å². The van der Waals surface area contributed by atoms with Gasteiger partial charge in [-0.25, -0.2) is 9.97 Å². The molecule has 0 bridgehead atoms. The molecule has 27 heavy (non-hydrogen) atoms. The fraction of sp³-hybridized carbons (Fsp3) is 0.450. The number of aryl methyl sites for hydroxylation is 1. The summed E-state index contributed by atoms with van der Waals surface area (Å²) in [5.74, 6) is 0.600. The van der Waals surface area contributed by atoms with E-state index in [-0.39, 0.29) is 0 Å². The monoisotopic (exact) mass is 367 g/mol. The van der Waals surface area contributed by atoms with Crippen molar-refractivity contribution in [3.05, 3.63) is 30.6 Å².